The number of fused-ring (bicyclic) bond motifs is 12. The molecule has 262 valence electrons. The molecule has 9 aromatic rings. The summed E-state index contributed by atoms with van der Waals surface area (Å²) >= 11 is 0. The maximum atomic E-state index is 5.36. The molecule has 2 aliphatic carbocycles. The predicted octanol–water partition coefficient (Wildman–Crippen LogP) is 12.9. The third kappa shape index (κ3) is 4.87. The van der Waals surface area contributed by atoms with Gasteiger partial charge < -0.3 is 0 Å². The molecular formula is C53H35N3. The first kappa shape index (κ1) is 32.2. The molecule has 0 N–H and O–H groups in total. The van der Waals surface area contributed by atoms with Crippen LogP contribution in [-0.4, -0.2) is 15.0 Å². The van der Waals surface area contributed by atoms with Crippen molar-refractivity contribution in [1.82, 2.24) is 15.0 Å². The Kier molecular flexibility index (Phi) is 7.30. The summed E-state index contributed by atoms with van der Waals surface area (Å²) in [4.78, 5) is 14.9. The Morgan fingerprint density at radius 3 is 1.30 bits per heavy atom. The number of nitrogens with zero attached hydrogens (tertiary/aromatic N) is 3. The summed E-state index contributed by atoms with van der Waals surface area (Å²) in [5, 5.41) is 0. The summed E-state index contributed by atoms with van der Waals surface area (Å²) in [6.07, 6.45) is 3.66. The first-order valence-electron chi connectivity index (χ1n) is 19.2. The van der Waals surface area contributed by atoms with E-state index in [2.05, 4.69) is 182 Å². The molecule has 2 aliphatic rings. The number of hydrogen-bond donors (Lipinski definition) is 0. The molecule has 7 aromatic carbocycles. The van der Waals surface area contributed by atoms with Gasteiger partial charge in [-0.2, -0.15) is 0 Å². The van der Waals surface area contributed by atoms with Gasteiger partial charge in [0.2, 0.25) is 0 Å². The molecule has 2 aromatic heterocycles. The standard InChI is InChI=1S/C53H35N3/c1-34-18-20-37(21-19-34)50-33-51(38-24-22-35(23-25-38)36-28-30-54-31-29-36)56-52(55-50)39-26-27-45-41-11-3-2-10-40(41)42-12-4-7-15-46(42)53(49(45)32-39)47-16-8-5-13-43(47)44-14-6-9-17-48(44)53/h2-33H,1H3. The Morgan fingerprint density at radius 2 is 0.750 bits per heavy atom. The van der Waals surface area contributed by atoms with E-state index in [0.29, 0.717) is 5.82 Å². The van der Waals surface area contributed by atoms with Gasteiger partial charge >= 0.3 is 0 Å². The molecule has 0 fully saturated rings. The van der Waals surface area contributed by atoms with E-state index in [4.69, 9.17) is 9.97 Å². The van der Waals surface area contributed by atoms with Gasteiger partial charge in [-0.05, 0) is 98.0 Å². The highest BCUT2D eigenvalue weighted by Gasteiger charge is 2.49. The Morgan fingerprint density at radius 1 is 0.339 bits per heavy atom. The van der Waals surface area contributed by atoms with E-state index in [0.717, 1.165) is 39.2 Å². The second-order valence-electron chi connectivity index (χ2n) is 14.8. The summed E-state index contributed by atoms with van der Waals surface area (Å²) in [5.41, 5.74) is 20.3. The molecule has 0 radical (unpaired) electrons. The van der Waals surface area contributed by atoms with Crippen LogP contribution in [0.2, 0.25) is 0 Å². The van der Waals surface area contributed by atoms with Crippen LogP contribution in [0.5, 0.6) is 0 Å². The van der Waals surface area contributed by atoms with Crippen molar-refractivity contribution in [3.05, 3.63) is 222 Å². The second kappa shape index (κ2) is 12.7. The number of aryl methyl sites for hydroxylation is 1. The topological polar surface area (TPSA) is 38.7 Å². The van der Waals surface area contributed by atoms with Gasteiger partial charge in [-0.1, -0.05) is 163 Å². The van der Waals surface area contributed by atoms with Crippen LogP contribution in [0, 0.1) is 6.92 Å². The zero-order valence-electron chi connectivity index (χ0n) is 30.8. The predicted molar refractivity (Wildman–Crippen MR) is 228 cm³/mol. The summed E-state index contributed by atoms with van der Waals surface area (Å²) in [7, 11) is 0. The van der Waals surface area contributed by atoms with E-state index in [9.17, 15) is 0 Å². The molecule has 0 saturated carbocycles. The van der Waals surface area contributed by atoms with Crippen molar-refractivity contribution in [3.8, 4) is 78.4 Å². The lowest BCUT2D eigenvalue weighted by Gasteiger charge is -2.35. The molecule has 1 spiro atoms. The second-order valence-corrected chi connectivity index (χ2v) is 14.8. The zero-order chi connectivity index (χ0) is 37.2. The molecule has 3 heteroatoms. The van der Waals surface area contributed by atoms with Crippen LogP contribution >= 0.6 is 0 Å². The van der Waals surface area contributed by atoms with Crippen molar-refractivity contribution < 1.29 is 0 Å². The monoisotopic (exact) mass is 713 g/mol. The smallest absolute Gasteiger partial charge is 0.160 e. The lowest BCUT2D eigenvalue weighted by molar-refractivity contribution is 0.775. The minimum Gasteiger partial charge on any atom is -0.265 e. The van der Waals surface area contributed by atoms with Crippen molar-refractivity contribution in [2.45, 2.75) is 12.3 Å². The van der Waals surface area contributed by atoms with Crippen LogP contribution in [0.1, 0.15) is 27.8 Å². The van der Waals surface area contributed by atoms with Crippen LogP contribution in [0.25, 0.3) is 78.4 Å². The molecule has 0 unspecified atom stereocenters. The first-order chi connectivity index (χ1) is 27.7. The van der Waals surface area contributed by atoms with E-state index in [1.54, 1.807) is 0 Å². The third-order valence-corrected chi connectivity index (χ3v) is 11.7. The summed E-state index contributed by atoms with van der Waals surface area (Å²) in [6, 6.07) is 66.2. The Labute approximate surface area is 326 Å². The van der Waals surface area contributed by atoms with Crippen LogP contribution in [0.3, 0.4) is 0 Å². The Balaban J connectivity index is 1.18. The van der Waals surface area contributed by atoms with Gasteiger partial charge in [-0.25, -0.2) is 9.97 Å². The fraction of sp³-hybridized carbons (Fsp3) is 0.0377. The lowest BCUT2D eigenvalue weighted by atomic mass is 9.65. The number of aromatic nitrogens is 3. The maximum Gasteiger partial charge on any atom is 0.160 e. The van der Waals surface area contributed by atoms with Gasteiger partial charge in [0.1, 0.15) is 0 Å². The van der Waals surface area contributed by atoms with Gasteiger partial charge in [0.05, 0.1) is 16.8 Å². The van der Waals surface area contributed by atoms with Crippen LogP contribution in [0.4, 0.5) is 0 Å². The zero-order valence-corrected chi connectivity index (χ0v) is 30.8. The molecule has 0 atom stereocenters. The SMILES string of the molecule is Cc1ccc(-c2cc(-c3ccc(-c4ccncc4)cc3)nc(-c3ccc4c(c3)C3(c5ccccc5-c5ccccc5-4)c4ccccc4-c4ccccc43)n2)cc1. The molecule has 3 nitrogen and oxygen atoms in total. The number of pyridine rings is 1. The molecule has 0 aliphatic heterocycles. The molecule has 0 saturated heterocycles. The van der Waals surface area contributed by atoms with Gasteiger partial charge in [-0.15, -0.1) is 0 Å². The average Bonchev–Trinajstić information content (AvgIpc) is 3.52. The largest absolute Gasteiger partial charge is 0.265 e. The highest BCUT2D eigenvalue weighted by molar-refractivity contribution is 5.97. The van der Waals surface area contributed by atoms with Crippen LogP contribution in [0.15, 0.2) is 194 Å². The third-order valence-electron chi connectivity index (χ3n) is 11.7. The average molecular weight is 714 g/mol. The number of hydrogen-bond acceptors (Lipinski definition) is 3. The molecule has 0 amide bonds. The van der Waals surface area contributed by atoms with E-state index in [1.807, 2.05) is 24.5 Å². The minimum absolute atomic E-state index is 0.575. The van der Waals surface area contributed by atoms with Crippen molar-refractivity contribution in [2.24, 2.45) is 0 Å². The van der Waals surface area contributed by atoms with E-state index in [1.165, 1.54) is 61.2 Å². The van der Waals surface area contributed by atoms with Crippen molar-refractivity contribution in [2.75, 3.05) is 0 Å². The van der Waals surface area contributed by atoms with Crippen LogP contribution in [-0.2, 0) is 5.41 Å². The molecule has 2 heterocycles. The minimum atomic E-state index is -0.575. The lowest BCUT2D eigenvalue weighted by Crippen LogP contribution is -2.29. The fourth-order valence-electron chi connectivity index (χ4n) is 9.16. The maximum absolute atomic E-state index is 5.36. The Hall–Kier alpha value is -7.23. The highest BCUT2D eigenvalue weighted by Crippen LogP contribution is 2.61. The van der Waals surface area contributed by atoms with Gasteiger partial charge in [0, 0.05) is 29.1 Å². The van der Waals surface area contributed by atoms with E-state index >= 15 is 0 Å². The van der Waals surface area contributed by atoms with Gasteiger partial charge in [0.25, 0.3) is 0 Å². The van der Waals surface area contributed by atoms with Crippen molar-refractivity contribution in [1.29, 1.82) is 0 Å². The summed E-state index contributed by atoms with van der Waals surface area (Å²) in [5.74, 6) is 0.694. The number of benzene rings is 7. The number of rotatable bonds is 4. The van der Waals surface area contributed by atoms with E-state index in [-0.39, 0.29) is 0 Å². The molecular weight excluding hydrogens is 679 g/mol. The highest BCUT2D eigenvalue weighted by atomic mass is 14.9. The molecule has 11 rings (SSSR count). The fourth-order valence-corrected chi connectivity index (χ4v) is 9.16. The summed E-state index contributed by atoms with van der Waals surface area (Å²) in [6.45, 7) is 2.12. The normalized spacial score (nSPS) is 12.9. The molecule has 56 heavy (non-hydrogen) atoms. The van der Waals surface area contributed by atoms with Crippen molar-refractivity contribution >= 4 is 0 Å². The van der Waals surface area contributed by atoms with Gasteiger partial charge in [0.15, 0.2) is 5.82 Å². The quantitative estimate of drug-likeness (QED) is 0.182. The summed E-state index contributed by atoms with van der Waals surface area (Å²) < 4.78 is 0. The van der Waals surface area contributed by atoms with E-state index < -0.39 is 5.41 Å². The molecule has 0 bridgehead atoms. The Bertz CT molecular complexity index is 2920. The first-order valence-corrected chi connectivity index (χ1v) is 19.2. The van der Waals surface area contributed by atoms with Crippen LogP contribution < -0.4 is 0 Å². The van der Waals surface area contributed by atoms with Gasteiger partial charge in [-0.3, -0.25) is 4.98 Å². The van der Waals surface area contributed by atoms with Crippen molar-refractivity contribution in [3.63, 3.8) is 0 Å².